The minimum absolute atomic E-state index is 0.0200. The first-order valence-electron chi connectivity index (χ1n) is 7.50. The second-order valence-electron chi connectivity index (χ2n) is 5.60. The predicted octanol–water partition coefficient (Wildman–Crippen LogP) is 2.13. The number of carbonyl (C=O) groups is 2. The van der Waals surface area contributed by atoms with Gasteiger partial charge in [0.05, 0.1) is 23.7 Å². The highest BCUT2D eigenvalue weighted by Gasteiger charge is 2.25. The van der Waals surface area contributed by atoms with E-state index >= 15 is 0 Å². The van der Waals surface area contributed by atoms with Crippen LogP contribution in [0.1, 0.15) is 13.8 Å². The van der Waals surface area contributed by atoms with Gasteiger partial charge >= 0.3 is 0 Å². The highest BCUT2D eigenvalue weighted by molar-refractivity contribution is 8.00. The summed E-state index contributed by atoms with van der Waals surface area (Å²) < 4.78 is 18.4. The van der Waals surface area contributed by atoms with Crippen LogP contribution in [0.5, 0.6) is 0 Å². The van der Waals surface area contributed by atoms with Gasteiger partial charge in [0, 0.05) is 18.8 Å². The number of anilines is 1. The Balaban J connectivity index is 1.70. The lowest BCUT2D eigenvalue weighted by Crippen LogP contribution is -2.48. The summed E-state index contributed by atoms with van der Waals surface area (Å²) in [6.07, 6.45) is 0.0731. The Labute approximate surface area is 139 Å². The van der Waals surface area contributed by atoms with Crippen molar-refractivity contribution in [2.24, 2.45) is 0 Å². The molecule has 0 aliphatic carbocycles. The molecule has 2 unspecified atom stereocenters. The number of hydrogen-bond acceptors (Lipinski definition) is 4. The molecule has 0 bridgehead atoms. The summed E-state index contributed by atoms with van der Waals surface area (Å²) in [6, 6.07) is 5.57. The van der Waals surface area contributed by atoms with Crippen molar-refractivity contribution in [2.75, 3.05) is 29.9 Å². The molecule has 1 aliphatic rings. The van der Waals surface area contributed by atoms with Gasteiger partial charge in [0.15, 0.2) is 0 Å². The van der Waals surface area contributed by atoms with E-state index < -0.39 is 0 Å². The van der Waals surface area contributed by atoms with E-state index in [9.17, 15) is 14.0 Å². The number of morpholine rings is 1. The summed E-state index contributed by atoms with van der Waals surface area (Å²) in [5, 5.41) is 2.67. The number of ether oxygens (including phenoxy) is 1. The fourth-order valence-electron chi connectivity index (χ4n) is 2.43. The number of nitrogens with one attached hydrogen (secondary N) is 1. The molecule has 0 spiro atoms. The molecule has 23 heavy (non-hydrogen) atoms. The smallest absolute Gasteiger partial charge is 0.234 e. The lowest BCUT2D eigenvalue weighted by Gasteiger charge is -2.35. The highest BCUT2D eigenvalue weighted by Crippen LogP contribution is 2.13. The topological polar surface area (TPSA) is 58.6 Å². The average molecular weight is 340 g/mol. The zero-order valence-corrected chi connectivity index (χ0v) is 14.1. The number of benzene rings is 1. The first-order valence-corrected chi connectivity index (χ1v) is 8.66. The van der Waals surface area contributed by atoms with Gasteiger partial charge in [-0.1, -0.05) is 0 Å². The van der Waals surface area contributed by atoms with E-state index in [4.69, 9.17) is 4.74 Å². The van der Waals surface area contributed by atoms with Crippen LogP contribution in [0.4, 0.5) is 10.1 Å². The maximum atomic E-state index is 12.8. The van der Waals surface area contributed by atoms with Crippen LogP contribution in [0, 0.1) is 5.82 Å². The number of amides is 2. The molecule has 0 radical (unpaired) electrons. The van der Waals surface area contributed by atoms with E-state index in [-0.39, 0.29) is 41.3 Å². The van der Waals surface area contributed by atoms with Crippen LogP contribution in [0.3, 0.4) is 0 Å². The van der Waals surface area contributed by atoms with Gasteiger partial charge in [-0.3, -0.25) is 9.59 Å². The van der Waals surface area contributed by atoms with Crippen molar-refractivity contribution in [1.82, 2.24) is 4.90 Å². The zero-order chi connectivity index (χ0) is 16.8. The van der Waals surface area contributed by atoms with Crippen molar-refractivity contribution in [3.8, 4) is 0 Å². The number of rotatable bonds is 5. The molecule has 0 saturated carbocycles. The molecule has 1 aromatic carbocycles. The van der Waals surface area contributed by atoms with Gasteiger partial charge in [-0.2, -0.15) is 0 Å². The van der Waals surface area contributed by atoms with E-state index in [0.29, 0.717) is 18.8 Å². The summed E-state index contributed by atoms with van der Waals surface area (Å²) in [4.78, 5) is 25.7. The highest BCUT2D eigenvalue weighted by atomic mass is 32.2. The maximum Gasteiger partial charge on any atom is 0.234 e. The molecule has 126 valence electrons. The summed E-state index contributed by atoms with van der Waals surface area (Å²) in [5.41, 5.74) is 0.541. The maximum absolute atomic E-state index is 12.8. The van der Waals surface area contributed by atoms with Crippen molar-refractivity contribution >= 4 is 29.3 Å². The van der Waals surface area contributed by atoms with Gasteiger partial charge in [0.1, 0.15) is 5.82 Å². The molecule has 2 amide bonds. The second kappa shape index (κ2) is 8.31. The van der Waals surface area contributed by atoms with Crippen LogP contribution in [-0.2, 0) is 14.3 Å². The van der Waals surface area contributed by atoms with Crippen LogP contribution < -0.4 is 5.32 Å². The van der Waals surface area contributed by atoms with E-state index in [0.717, 1.165) is 0 Å². The number of carbonyl (C=O) groups excluding carboxylic acids is 2. The normalized spacial score (nSPS) is 21.1. The Hall–Kier alpha value is -1.60. The van der Waals surface area contributed by atoms with Gasteiger partial charge < -0.3 is 15.0 Å². The molecule has 1 aromatic rings. The van der Waals surface area contributed by atoms with Crippen LogP contribution in [0.15, 0.2) is 24.3 Å². The molecule has 1 fully saturated rings. The molecule has 2 rings (SSSR count). The summed E-state index contributed by atoms with van der Waals surface area (Å²) in [7, 11) is 0. The third kappa shape index (κ3) is 5.84. The minimum atomic E-state index is -0.350. The van der Waals surface area contributed by atoms with Gasteiger partial charge in [0.2, 0.25) is 11.8 Å². The molecule has 5 nitrogen and oxygen atoms in total. The lowest BCUT2D eigenvalue weighted by molar-refractivity contribution is -0.140. The third-order valence-electron chi connectivity index (χ3n) is 3.36. The van der Waals surface area contributed by atoms with Crippen molar-refractivity contribution in [3.63, 3.8) is 0 Å². The number of halogens is 1. The molecule has 1 saturated heterocycles. The van der Waals surface area contributed by atoms with Crippen molar-refractivity contribution < 1.29 is 18.7 Å². The Morgan fingerprint density at radius 2 is 1.83 bits per heavy atom. The van der Waals surface area contributed by atoms with Crippen molar-refractivity contribution in [3.05, 3.63) is 30.1 Å². The van der Waals surface area contributed by atoms with Gasteiger partial charge in [0.25, 0.3) is 0 Å². The molecule has 1 heterocycles. The largest absolute Gasteiger partial charge is 0.372 e. The van der Waals surface area contributed by atoms with Crippen LogP contribution in [0.2, 0.25) is 0 Å². The number of thioether (sulfide) groups is 1. The molecule has 2 atom stereocenters. The van der Waals surface area contributed by atoms with Gasteiger partial charge in [-0.05, 0) is 38.1 Å². The summed E-state index contributed by atoms with van der Waals surface area (Å²) in [6.45, 7) is 5.06. The standard InChI is InChI=1S/C16H21FN2O3S/c1-11-7-19(8-12(2)22-11)16(21)10-23-9-15(20)18-14-5-3-13(17)4-6-14/h3-6,11-12H,7-10H2,1-2H3,(H,18,20). The van der Waals surface area contributed by atoms with Crippen molar-refractivity contribution in [1.29, 1.82) is 0 Å². The predicted molar refractivity (Wildman–Crippen MR) is 88.9 cm³/mol. The van der Waals surface area contributed by atoms with Crippen molar-refractivity contribution in [2.45, 2.75) is 26.1 Å². The average Bonchev–Trinajstić information content (AvgIpc) is 2.48. The quantitative estimate of drug-likeness (QED) is 0.892. The summed E-state index contributed by atoms with van der Waals surface area (Å²) in [5.74, 6) is -0.101. The van der Waals surface area contributed by atoms with E-state index in [1.807, 2.05) is 13.8 Å². The lowest BCUT2D eigenvalue weighted by atomic mass is 10.2. The third-order valence-corrected chi connectivity index (χ3v) is 4.28. The van der Waals surface area contributed by atoms with E-state index in [2.05, 4.69) is 5.32 Å². The Bertz CT molecular complexity index is 543. The number of hydrogen-bond donors (Lipinski definition) is 1. The Morgan fingerprint density at radius 1 is 1.22 bits per heavy atom. The zero-order valence-electron chi connectivity index (χ0n) is 13.3. The van der Waals surface area contributed by atoms with Crippen LogP contribution >= 0.6 is 11.8 Å². The van der Waals surface area contributed by atoms with Gasteiger partial charge in [-0.15, -0.1) is 11.8 Å². The Kier molecular flexibility index (Phi) is 6.41. The second-order valence-corrected chi connectivity index (χ2v) is 6.59. The first-order chi connectivity index (χ1) is 10.9. The first kappa shape index (κ1) is 17.7. The molecule has 0 aromatic heterocycles. The van der Waals surface area contributed by atoms with Crippen LogP contribution in [0.25, 0.3) is 0 Å². The SMILES string of the molecule is CC1CN(C(=O)CSCC(=O)Nc2ccc(F)cc2)CC(C)O1. The molecule has 7 heteroatoms. The van der Waals surface area contributed by atoms with Crippen LogP contribution in [-0.4, -0.2) is 53.5 Å². The molecule has 1 N–H and O–H groups in total. The molecular weight excluding hydrogens is 319 g/mol. The van der Waals surface area contributed by atoms with E-state index in [1.54, 1.807) is 4.90 Å². The van der Waals surface area contributed by atoms with E-state index in [1.165, 1.54) is 36.0 Å². The van der Waals surface area contributed by atoms with Gasteiger partial charge in [-0.25, -0.2) is 4.39 Å². The molecular formula is C16H21FN2O3S. The molecule has 1 aliphatic heterocycles. The minimum Gasteiger partial charge on any atom is -0.372 e. The Morgan fingerprint density at radius 3 is 2.43 bits per heavy atom. The fourth-order valence-corrected chi connectivity index (χ4v) is 3.15. The summed E-state index contributed by atoms with van der Waals surface area (Å²) >= 11 is 1.27. The fraction of sp³-hybridized carbons (Fsp3) is 0.500. The number of nitrogens with zero attached hydrogens (tertiary/aromatic N) is 1. The monoisotopic (exact) mass is 340 g/mol.